The lowest BCUT2D eigenvalue weighted by atomic mass is 9.65. The molecule has 2 N–H and O–H groups in total. The van der Waals surface area contributed by atoms with Gasteiger partial charge in [0.15, 0.2) is 5.66 Å². The summed E-state index contributed by atoms with van der Waals surface area (Å²) in [5.41, 5.74) is 7.83. The van der Waals surface area contributed by atoms with Crippen LogP contribution in [0.15, 0.2) is 28.2 Å². The van der Waals surface area contributed by atoms with E-state index in [0.717, 1.165) is 43.2 Å². The summed E-state index contributed by atoms with van der Waals surface area (Å²) >= 11 is 0. The molecule has 1 aromatic rings. The molecule has 0 aromatic heterocycles. The van der Waals surface area contributed by atoms with Crippen molar-refractivity contribution in [2.75, 3.05) is 13.7 Å². The minimum Gasteiger partial charge on any atom is -0.493 e. The molecule has 1 unspecified atom stereocenters. The average molecular weight is 409 g/mol. The van der Waals surface area contributed by atoms with Gasteiger partial charge in [-0.3, -0.25) is 4.99 Å². The molecule has 5 nitrogen and oxygen atoms in total. The molecule has 1 aromatic carbocycles. The van der Waals surface area contributed by atoms with Crippen LogP contribution in [0.4, 0.5) is 13.2 Å². The summed E-state index contributed by atoms with van der Waals surface area (Å²) in [5, 5.41) is 0. The number of nitrogens with zero attached hydrogens (tertiary/aromatic N) is 2. The molecule has 1 saturated carbocycles. The topological polar surface area (TPSA) is 69.2 Å². The van der Waals surface area contributed by atoms with Crippen LogP contribution in [0, 0.1) is 5.41 Å². The molecule has 29 heavy (non-hydrogen) atoms. The maximum Gasteiger partial charge on any atom is 0.392 e. The van der Waals surface area contributed by atoms with Gasteiger partial charge in [-0.15, -0.1) is 0 Å². The van der Waals surface area contributed by atoms with Crippen LogP contribution in [-0.4, -0.2) is 37.5 Å². The molecule has 1 fully saturated rings. The molecule has 2 aliphatic carbocycles. The van der Waals surface area contributed by atoms with E-state index in [4.69, 9.17) is 25.2 Å². The smallest absolute Gasteiger partial charge is 0.392 e. The average Bonchev–Trinajstić information content (AvgIpc) is 3.10. The second-order valence-electron chi connectivity index (χ2n) is 8.29. The van der Waals surface area contributed by atoms with Crippen LogP contribution in [0.1, 0.15) is 50.2 Å². The molecule has 0 bridgehead atoms. The minimum atomic E-state index is -4.24. The van der Waals surface area contributed by atoms with Gasteiger partial charge >= 0.3 is 6.18 Å². The third kappa shape index (κ3) is 3.41. The molecule has 1 atom stereocenters. The molecule has 4 rings (SSSR count). The lowest BCUT2D eigenvalue weighted by molar-refractivity contribution is -0.139. The van der Waals surface area contributed by atoms with E-state index in [2.05, 4.69) is 0 Å². The first-order chi connectivity index (χ1) is 13.7. The maximum absolute atomic E-state index is 12.5. The highest BCUT2D eigenvalue weighted by Crippen LogP contribution is 2.62. The Bertz CT molecular complexity index is 837. The summed E-state index contributed by atoms with van der Waals surface area (Å²) in [6.45, 7) is 1.44. The van der Waals surface area contributed by atoms with Gasteiger partial charge in [-0.1, -0.05) is 6.07 Å². The number of fused-ring (bicyclic) bond motifs is 3. The number of amidine groups is 1. The van der Waals surface area contributed by atoms with E-state index in [0.29, 0.717) is 17.3 Å². The lowest BCUT2D eigenvalue weighted by Crippen LogP contribution is -2.43. The van der Waals surface area contributed by atoms with Crippen molar-refractivity contribution in [1.29, 1.82) is 0 Å². The van der Waals surface area contributed by atoms with Crippen molar-refractivity contribution in [3.63, 3.8) is 0 Å². The van der Waals surface area contributed by atoms with E-state index in [1.165, 1.54) is 0 Å². The fraction of sp³-hybridized carbons (Fsp3) is 0.619. The van der Waals surface area contributed by atoms with Crippen LogP contribution in [0.5, 0.6) is 5.75 Å². The summed E-state index contributed by atoms with van der Waals surface area (Å²) in [6.07, 6.45) is -0.537. The van der Waals surface area contributed by atoms with Gasteiger partial charge in [-0.05, 0) is 56.7 Å². The number of rotatable bonds is 4. The molecule has 0 radical (unpaired) electrons. The Morgan fingerprint density at radius 2 is 1.93 bits per heavy atom. The van der Waals surface area contributed by atoms with Crippen LogP contribution in [-0.2, 0) is 16.8 Å². The van der Waals surface area contributed by atoms with Gasteiger partial charge in [0, 0.05) is 18.1 Å². The first-order valence-electron chi connectivity index (χ1n) is 9.96. The number of alkyl halides is 3. The normalized spacial score (nSPS) is 31.1. The second-order valence-corrected chi connectivity index (χ2v) is 8.29. The molecule has 0 saturated heterocycles. The van der Waals surface area contributed by atoms with Crippen LogP contribution in [0.25, 0.3) is 0 Å². The summed E-state index contributed by atoms with van der Waals surface area (Å²) in [7, 11) is 1.74. The molecule has 158 valence electrons. The number of aliphatic imine (C=N–C) groups is 2. The predicted molar refractivity (Wildman–Crippen MR) is 104 cm³/mol. The quantitative estimate of drug-likeness (QED) is 0.813. The summed E-state index contributed by atoms with van der Waals surface area (Å²) < 4.78 is 48.3. The highest BCUT2D eigenvalue weighted by atomic mass is 19.4. The minimum absolute atomic E-state index is 0.197. The Hall–Kier alpha value is -2.09. The van der Waals surface area contributed by atoms with Gasteiger partial charge in [0.1, 0.15) is 11.6 Å². The predicted octanol–water partition coefficient (Wildman–Crippen LogP) is 4.13. The molecule has 1 aliphatic heterocycles. The lowest BCUT2D eigenvalue weighted by Gasteiger charge is -2.44. The number of methoxy groups -OCH3 is 1. The monoisotopic (exact) mass is 409 g/mol. The van der Waals surface area contributed by atoms with Gasteiger partial charge in [0.2, 0.25) is 0 Å². The van der Waals surface area contributed by atoms with Crippen molar-refractivity contribution in [2.45, 2.75) is 63.4 Å². The van der Waals surface area contributed by atoms with Gasteiger partial charge in [0.25, 0.3) is 0 Å². The third-order valence-electron chi connectivity index (χ3n) is 6.59. The first kappa shape index (κ1) is 20.2. The summed E-state index contributed by atoms with van der Waals surface area (Å²) in [6, 6.07) is 5.48. The number of hydrogen-bond acceptors (Lipinski definition) is 5. The molecule has 0 amide bonds. The largest absolute Gasteiger partial charge is 0.493 e. The molecule has 2 spiro atoms. The first-order valence-corrected chi connectivity index (χ1v) is 9.96. The molecule has 8 heteroatoms. The van der Waals surface area contributed by atoms with Crippen LogP contribution >= 0.6 is 0 Å². The van der Waals surface area contributed by atoms with Crippen LogP contribution < -0.4 is 10.5 Å². The zero-order chi connectivity index (χ0) is 20.9. The number of nitrogens with two attached hydrogens (primary N) is 1. The van der Waals surface area contributed by atoms with E-state index in [9.17, 15) is 13.2 Å². The number of benzene rings is 1. The SMILES string of the molecule is COC1CCC2(CC1)Cc1ccc(OCCC(F)(F)F)cc1C21N=C(C)C(N)=N1. The Kier molecular flexibility index (Phi) is 4.88. The zero-order valence-electron chi connectivity index (χ0n) is 16.7. The van der Waals surface area contributed by atoms with Crippen molar-refractivity contribution in [2.24, 2.45) is 21.1 Å². The fourth-order valence-electron chi connectivity index (χ4n) is 5.02. The molecular weight excluding hydrogens is 383 g/mol. The second kappa shape index (κ2) is 7.00. The van der Waals surface area contributed by atoms with E-state index in [1.807, 2.05) is 19.1 Å². The number of ether oxygens (including phenoxy) is 2. The Morgan fingerprint density at radius 3 is 2.52 bits per heavy atom. The highest BCUT2D eigenvalue weighted by molar-refractivity contribution is 6.41. The highest BCUT2D eigenvalue weighted by Gasteiger charge is 2.60. The zero-order valence-corrected chi connectivity index (χ0v) is 16.7. The van der Waals surface area contributed by atoms with Gasteiger partial charge in [0.05, 0.1) is 24.8 Å². The molecule has 3 aliphatic rings. The Morgan fingerprint density at radius 1 is 1.21 bits per heavy atom. The van der Waals surface area contributed by atoms with Gasteiger partial charge in [-0.25, -0.2) is 4.99 Å². The van der Waals surface area contributed by atoms with Crippen molar-refractivity contribution in [1.82, 2.24) is 0 Å². The third-order valence-corrected chi connectivity index (χ3v) is 6.59. The van der Waals surface area contributed by atoms with Crippen molar-refractivity contribution < 1.29 is 22.6 Å². The van der Waals surface area contributed by atoms with E-state index >= 15 is 0 Å². The molecular formula is C21H26F3N3O2. The van der Waals surface area contributed by atoms with Crippen LogP contribution in [0.3, 0.4) is 0 Å². The molecule has 1 heterocycles. The number of hydrogen-bond donors (Lipinski definition) is 1. The standard InChI is InChI=1S/C21H26F3N3O2/c1-13-18(25)27-21(26-13)17-11-16(29-10-9-20(22,23)24)4-3-14(17)12-19(21)7-5-15(28-2)6-8-19/h3-4,11,15H,5-10,12H2,1-2H3,(H2,25,27). The fourth-order valence-corrected chi connectivity index (χ4v) is 5.02. The van der Waals surface area contributed by atoms with Gasteiger partial charge < -0.3 is 15.2 Å². The van der Waals surface area contributed by atoms with E-state index in [1.54, 1.807) is 13.2 Å². The number of halogens is 3. The summed E-state index contributed by atoms with van der Waals surface area (Å²) in [4.78, 5) is 9.79. The van der Waals surface area contributed by atoms with Crippen molar-refractivity contribution in [3.8, 4) is 5.75 Å². The van der Waals surface area contributed by atoms with Crippen molar-refractivity contribution in [3.05, 3.63) is 29.3 Å². The van der Waals surface area contributed by atoms with Crippen LogP contribution in [0.2, 0.25) is 0 Å². The van der Waals surface area contributed by atoms with Crippen molar-refractivity contribution >= 4 is 11.5 Å². The Balaban J connectivity index is 1.68. The van der Waals surface area contributed by atoms with E-state index in [-0.39, 0.29) is 11.5 Å². The summed E-state index contributed by atoms with van der Waals surface area (Å²) in [5.74, 6) is 0.831. The Labute approximate surface area is 168 Å². The van der Waals surface area contributed by atoms with Gasteiger partial charge in [-0.2, -0.15) is 13.2 Å². The van der Waals surface area contributed by atoms with E-state index < -0.39 is 24.9 Å². The maximum atomic E-state index is 12.5.